The van der Waals surface area contributed by atoms with Gasteiger partial charge in [0.2, 0.25) is 5.82 Å². The summed E-state index contributed by atoms with van der Waals surface area (Å²) in [5.74, 6) is -0.784. The maximum absolute atomic E-state index is 10.5. The van der Waals surface area contributed by atoms with Crippen molar-refractivity contribution < 1.29 is 9.90 Å². The summed E-state index contributed by atoms with van der Waals surface area (Å²) < 4.78 is 0. The zero-order valence-corrected chi connectivity index (χ0v) is 9.00. The van der Waals surface area contributed by atoms with Crippen molar-refractivity contribution >= 4 is 11.7 Å². The van der Waals surface area contributed by atoms with E-state index in [1.54, 1.807) is 24.3 Å². The minimum absolute atomic E-state index is 0.270. The maximum Gasteiger partial charge on any atom is 0.327 e. The van der Waals surface area contributed by atoms with Crippen LogP contribution in [-0.2, 0) is 11.3 Å². The largest absolute Gasteiger partial charge is 0.480 e. The maximum atomic E-state index is 10.5. The Morgan fingerprint density at radius 2 is 2.39 bits per heavy atom. The van der Waals surface area contributed by atoms with E-state index in [0.29, 0.717) is 11.3 Å². The van der Waals surface area contributed by atoms with Gasteiger partial charge < -0.3 is 5.11 Å². The molecule has 0 saturated carbocycles. The third-order valence-corrected chi connectivity index (χ3v) is 1.99. The minimum Gasteiger partial charge on any atom is -0.480 e. The molecule has 0 spiro atoms. The van der Waals surface area contributed by atoms with Crippen molar-refractivity contribution in [2.45, 2.75) is 6.54 Å². The highest BCUT2D eigenvalue weighted by molar-refractivity contribution is 5.66. The molecule has 0 saturated heterocycles. The molecule has 9 nitrogen and oxygen atoms in total. The SMILES string of the molecule is [N-]=[N+]=Nc1cccc(-c2nnn(CC(=O)O)n2)c1. The number of azide groups is 1. The van der Waals surface area contributed by atoms with Crippen LogP contribution in [0.5, 0.6) is 0 Å². The summed E-state index contributed by atoms with van der Waals surface area (Å²) in [5, 5.41) is 23.3. The summed E-state index contributed by atoms with van der Waals surface area (Å²) in [4.78, 5) is 14.1. The zero-order valence-electron chi connectivity index (χ0n) is 9.00. The lowest BCUT2D eigenvalue weighted by Crippen LogP contribution is -2.11. The molecule has 18 heavy (non-hydrogen) atoms. The monoisotopic (exact) mass is 245 g/mol. The average Bonchev–Trinajstić information content (AvgIpc) is 2.77. The first-order valence-electron chi connectivity index (χ1n) is 4.84. The van der Waals surface area contributed by atoms with Gasteiger partial charge in [-0.05, 0) is 16.8 Å². The van der Waals surface area contributed by atoms with E-state index in [1.165, 1.54) is 0 Å². The fraction of sp³-hybridized carbons (Fsp3) is 0.111. The fourth-order valence-electron chi connectivity index (χ4n) is 1.31. The summed E-state index contributed by atoms with van der Waals surface area (Å²) in [6.07, 6.45) is 0. The van der Waals surface area contributed by atoms with Gasteiger partial charge >= 0.3 is 5.97 Å². The molecular formula is C9H7N7O2. The molecule has 0 fully saturated rings. The van der Waals surface area contributed by atoms with Gasteiger partial charge in [0.05, 0.1) is 0 Å². The summed E-state index contributed by atoms with van der Waals surface area (Å²) in [7, 11) is 0. The van der Waals surface area contributed by atoms with E-state index in [-0.39, 0.29) is 12.4 Å². The van der Waals surface area contributed by atoms with E-state index in [0.717, 1.165) is 4.80 Å². The Labute approximate surface area is 100 Å². The molecule has 0 radical (unpaired) electrons. The van der Waals surface area contributed by atoms with Crippen LogP contribution in [0.3, 0.4) is 0 Å². The van der Waals surface area contributed by atoms with Crippen molar-refractivity contribution in [3.63, 3.8) is 0 Å². The molecule has 1 aromatic heterocycles. The van der Waals surface area contributed by atoms with E-state index in [2.05, 4.69) is 25.4 Å². The van der Waals surface area contributed by atoms with Crippen LogP contribution in [0.4, 0.5) is 5.69 Å². The number of carboxylic acid groups (broad SMARTS) is 1. The number of hydrogen-bond donors (Lipinski definition) is 1. The quantitative estimate of drug-likeness (QED) is 0.493. The van der Waals surface area contributed by atoms with Gasteiger partial charge in [0.1, 0.15) is 0 Å². The number of hydrogen-bond acceptors (Lipinski definition) is 5. The van der Waals surface area contributed by atoms with Gasteiger partial charge in [-0.3, -0.25) is 4.79 Å². The Bertz CT molecular complexity index is 629. The van der Waals surface area contributed by atoms with Gasteiger partial charge in [-0.15, -0.1) is 10.2 Å². The second-order valence-corrected chi connectivity index (χ2v) is 3.28. The number of aromatic nitrogens is 4. The molecule has 2 aromatic rings. The number of tetrazole rings is 1. The number of rotatable bonds is 4. The molecule has 2 rings (SSSR count). The molecule has 9 heteroatoms. The van der Waals surface area contributed by atoms with Crippen molar-refractivity contribution in [2.75, 3.05) is 0 Å². The highest BCUT2D eigenvalue weighted by Gasteiger charge is 2.08. The van der Waals surface area contributed by atoms with Crippen LogP contribution >= 0.6 is 0 Å². The van der Waals surface area contributed by atoms with Gasteiger partial charge in [0.25, 0.3) is 0 Å². The van der Waals surface area contributed by atoms with Crippen molar-refractivity contribution in [2.24, 2.45) is 5.11 Å². The van der Waals surface area contributed by atoms with E-state index in [9.17, 15) is 4.79 Å². The van der Waals surface area contributed by atoms with Crippen LogP contribution in [0.15, 0.2) is 29.4 Å². The Kier molecular flexibility index (Phi) is 3.17. The normalized spacial score (nSPS) is 9.78. The van der Waals surface area contributed by atoms with Gasteiger partial charge in [-0.1, -0.05) is 23.3 Å². The van der Waals surface area contributed by atoms with E-state index < -0.39 is 5.97 Å². The van der Waals surface area contributed by atoms with E-state index >= 15 is 0 Å². The minimum atomic E-state index is -1.05. The first-order chi connectivity index (χ1) is 8.69. The smallest absolute Gasteiger partial charge is 0.327 e. The molecule has 1 aromatic carbocycles. The third kappa shape index (κ3) is 2.60. The molecule has 0 atom stereocenters. The lowest BCUT2D eigenvalue weighted by atomic mass is 10.2. The summed E-state index contributed by atoms with van der Waals surface area (Å²) in [6.45, 7) is -0.358. The molecule has 0 unspecified atom stereocenters. The van der Waals surface area contributed by atoms with Crippen LogP contribution in [0.25, 0.3) is 21.8 Å². The number of carbonyl (C=O) groups is 1. The van der Waals surface area contributed by atoms with Crippen molar-refractivity contribution in [3.8, 4) is 11.4 Å². The van der Waals surface area contributed by atoms with E-state index in [4.69, 9.17) is 10.6 Å². The van der Waals surface area contributed by atoms with Gasteiger partial charge in [0, 0.05) is 16.2 Å². The number of nitrogens with zero attached hydrogens (tertiary/aromatic N) is 7. The van der Waals surface area contributed by atoms with Crippen LogP contribution in [-0.4, -0.2) is 31.3 Å². The van der Waals surface area contributed by atoms with Gasteiger partial charge in [-0.25, -0.2) is 0 Å². The van der Waals surface area contributed by atoms with Gasteiger partial charge in [-0.2, -0.15) is 4.80 Å². The van der Waals surface area contributed by atoms with Crippen LogP contribution in [0, 0.1) is 0 Å². The molecule has 90 valence electrons. The van der Waals surface area contributed by atoms with Crippen molar-refractivity contribution in [3.05, 3.63) is 34.7 Å². The average molecular weight is 245 g/mol. The van der Waals surface area contributed by atoms with Crippen LogP contribution in [0.1, 0.15) is 0 Å². The first-order valence-corrected chi connectivity index (χ1v) is 4.84. The highest BCUT2D eigenvalue weighted by Crippen LogP contribution is 2.20. The van der Waals surface area contributed by atoms with Crippen molar-refractivity contribution in [1.82, 2.24) is 20.2 Å². The second-order valence-electron chi connectivity index (χ2n) is 3.28. The molecule has 0 aliphatic heterocycles. The Balaban J connectivity index is 2.30. The molecule has 0 aliphatic carbocycles. The van der Waals surface area contributed by atoms with Crippen LogP contribution < -0.4 is 0 Å². The Morgan fingerprint density at radius 1 is 1.56 bits per heavy atom. The molecule has 0 amide bonds. The summed E-state index contributed by atoms with van der Waals surface area (Å²) >= 11 is 0. The Morgan fingerprint density at radius 3 is 3.11 bits per heavy atom. The second kappa shape index (κ2) is 4.93. The zero-order chi connectivity index (χ0) is 13.0. The molecule has 1 N–H and O–H groups in total. The standard InChI is InChI=1S/C9H7N7O2/c10-14-11-7-3-1-2-6(4-7)9-12-15-16(13-9)5-8(17)18/h1-4H,5H2,(H,17,18). The fourth-order valence-corrected chi connectivity index (χ4v) is 1.31. The molecular weight excluding hydrogens is 238 g/mol. The predicted molar refractivity (Wildman–Crippen MR) is 59.7 cm³/mol. The first kappa shape index (κ1) is 11.6. The number of aliphatic carboxylic acids is 1. The Hall–Kier alpha value is -2.93. The molecule has 1 heterocycles. The van der Waals surface area contributed by atoms with Crippen LogP contribution in [0.2, 0.25) is 0 Å². The predicted octanol–water partition coefficient (Wildman–Crippen LogP) is 1.37. The van der Waals surface area contributed by atoms with Gasteiger partial charge in [0.15, 0.2) is 6.54 Å². The van der Waals surface area contributed by atoms with Crippen molar-refractivity contribution in [1.29, 1.82) is 0 Å². The summed E-state index contributed by atoms with van der Waals surface area (Å²) in [5.41, 5.74) is 9.34. The lowest BCUT2D eigenvalue weighted by Gasteiger charge is -1.95. The van der Waals surface area contributed by atoms with E-state index in [1.807, 2.05) is 0 Å². The molecule has 0 bridgehead atoms. The highest BCUT2D eigenvalue weighted by atomic mass is 16.4. The lowest BCUT2D eigenvalue weighted by molar-refractivity contribution is -0.138. The summed E-state index contributed by atoms with van der Waals surface area (Å²) in [6, 6.07) is 6.60. The topological polar surface area (TPSA) is 130 Å². The number of benzene rings is 1. The number of carboxylic acids is 1. The third-order valence-electron chi connectivity index (χ3n) is 1.99. The molecule has 0 aliphatic rings.